The summed E-state index contributed by atoms with van der Waals surface area (Å²) >= 11 is 0. The molecule has 0 radical (unpaired) electrons. The van der Waals surface area contributed by atoms with Gasteiger partial charge in [0.05, 0.1) is 0 Å². The molecule has 1 N–H and O–H groups in total. The van der Waals surface area contributed by atoms with Gasteiger partial charge in [0.1, 0.15) is 0 Å². The number of hydrogen-bond acceptors (Lipinski definition) is 1. The van der Waals surface area contributed by atoms with Crippen molar-refractivity contribution < 1.29 is 0 Å². The number of aryl methyl sites for hydroxylation is 1. The molecular formula is C13H21N. The molecule has 0 saturated heterocycles. The van der Waals surface area contributed by atoms with E-state index < -0.39 is 0 Å². The Hall–Kier alpha value is -0.820. The first-order chi connectivity index (χ1) is 6.80. The second-order valence-corrected chi connectivity index (χ2v) is 3.77. The largest absolute Gasteiger partial charge is 0.317 e. The molecule has 0 spiro atoms. The summed E-state index contributed by atoms with van der Waals surface area (Å²) in [7, 11) is 2.04. The van der Waals surface area contributed by atoms with Crippen molar-refractivity contribution in [2.45, 2.75) is 39.2 Å². The van der Waals surface area contributed by atoms with Gasteiger partial charge in [-0.1, -0.05) is 38.1 Å². The van der Waals surface area contributed by atoms with E-state index in [1.807, 2.05) is 7.05 Å². The van der Waals surface area contributed by atoms with Crippen molar-refractivity contribution in [2.75, 3.05) is 7.05 Å². The molecule has 1 atom stereocenters. The summed E-state index contributed by atoms with van der Waals surface area (Å²) in [6, 6.07) is 9.58. The minimum Gasteiger partial charge on any atom is -0.317 e. The van der Waals surface area contributed by atoms with Crippen LogP contribution in [-0.4, -0.2) is 13.1 Å². The van der Waals surface area contributed by atoms with E-state index >= 15 is 0 Å². The molecule has 1 unspecified atom stereocenters. The summed E-state index contributed by atoms with van der Waals surface area (Å²) in [5.74, 6) is 0. The van der Waals surface area contributed by atoms with Gasteiger partial charge in [-0.3, -0.25) is 0 Å². The maximum absolute atomic E-state index is 3.33. The van der Waals surface area contributed by atoms with E-state index in [2.05, 4.69) is 43.4 Å². The average Bonchev–Trinajstić information content (AvgIpc) is 2.26. The van der Waals surface area contributed by atoms with Gasteiger partial charge in [0.2, 0.25) is 0 Å². The third-order valence-electron chi connectivity index (χ3n) is 2.81. The Labute approximate surface area is 87.5 Å². The zero-order valence-electron chi connectivity index (χ0n) is 9.51. The Morgan fingerprint density at radius 3 is 2.07 bits per heavy atom. The van der Waals surface area contributed by atoms with Crippen LogP contribution < -0.4 is 5.32 Å². The molecule has 0 aliphatic rings. The predicted octanol–water partition coefficient (Wildman–Crippen LogP) is 2.79. The Kier molecular flexibility index (Phi) is 4.68. The van der Waals surface area contributed by atoms with E-state index in [-0.39, 0.29) is 0 Å². The van der Waals surface area contributed by atoms with E-state index in [0.717, 1.165) is 12.8 Å². The van der Waals surface area contributed by atoms with Gasteiger partial charge in [0.25, 0.3) is 0 Å². The summed E-state index contributed by atoms with van der Waals surface area (Å²) in [6.45, 7) is 4.42. The van der Waals surface area contributed by atoms with Gasteiger partial charge in [-0.2, -0.15) is 0 Å². The Bertz CT molecular complexity index is 246. The highest BCUT2D eigenvalue weighted by Crippen LogP contribution is 2.08. The van der Waals surface area contributed by atoms with Gasteiger partial charge in [0, 0.05) is 6.04 Å². The Morgan fingerprint density at radius 1 is 1.07 bits per heavy atom. The standard InChI is InChI=1S/C13H21N/c1-4-11-6-8-12(9-7-11)10-13(5-2)14-3/h6-9,13-14H,4-5,10H2,1-3H3. The van der Waals surface area contributed by atoms with E-state index in [9.17, 15) is 0 Å². The lowest BCUT2D eigenvalue weighted by Gasteiger charge is -2.13. The molecule has 1 nitrogen and oxygen atoms in total. The predicted molar refractivity (Wildman–Crippen MR) is 62.7 cm³/mol. The van der Waals surface area contributed by atoms with Crippen LogP contribution in [0.1, 0.15) is 31.4 Å². The molecule has 0 saturated carbocycles. The summed E-state index contributed by atoms with van der Waals surface area (Å²) in [6.07, 6.45) is 3.45. The van der Waals surface area contributed by atoms with Crippen molar-refractivity contribution in [3.8, 4) is 0 Å². The Morgan fingerprint density at radius 2 is 1.64 bits per heavy atom. The third-order valence-corrected chi connectivity index (χ3v) is 2.81. The first kappa shape index (κ1) is 11.3. The molecule has 0 aromatic heterocycles. The molecule has 0 bridgehead atoms. The first-order valence-corrected chi connectivity index (χ1v) is 5.55. The first-order valence-electron chi connectivity index (χ1n) is 5.55. The van der Waals surface area contributed by atoms with Crippen molar-refractivity contribution in [2.24, 2.45) is 0 Å². The zero-order chi connectivity index (χ0) is 10.4. The highest BCUT2D eigenvalue weighted by atomic mass is 14.9. The van der Waals surface area contributed by atoms with E-state index in [0.29, 0.717) is 6.04 Å². The van der Waals surface area contributed by atoms with Crippen LogP contribution >= 0.6 is 0 Å². The van der Waals surface area contributed by atoms with Crippen LogP contribution in [0.5, 0.6) is 0 Å². The molecule has 1 aromatic carbocycles. The van der Waals surface area contributed by atoms with Crippen LogP contribution in [0.15, 0.2) is 24.3 Å². The van der Waals surface area contributed by atoms with E-state index in [1.165, 1.54) is 17.5 Å². The fourth-order valence-corrected chi connectivity index (χ4v) is 1.65. The van der Waals surface area contributed by atoms with Crippen molar-refractivity contribution >= 4 is 0 Å². The molecular weight excluding hydrogens is 170 g/mol. The number of rotatable bonds is 5. The van der Waals surface area contributed by atoms with Crippen molar-refractivity contribution in [3.05, 3.63) is 35.4 Å². The molecule has 1 rings (SSSR count). The highest BCUT2D eigenvalue weighted by molar-refractivity contribution is 5.23. The topological polar surface area (TPSA) is 12.0 Å². The summed E-state index contributed by atoms with van der Waals surface area (Å²) in [5.41, 5.74) is 2.86. The minimum absolute atomic E-state index is 0.613. The van der Waals surface area contributed by atoms with E-state index in [4.69, 9.17) is 0 Å². The molecule has 14 heavy (non-hydrogen) atoms. The van der Waals surface area contributed by atoms with Gasteiger partial charge >= 0.3 is 0 Å². The van der Waals surface area contributed by atoms with Crippen LogP contribution in [0, 0.1) is 0 Å². The monoisotopic (exact) mass is 191 g/mol. The van der Waals surface area contributed by atoms with Gasteiger partial charge in [-0.15, -0.1) is 0 Å². The molecule has 0 aliphatic carbocycles. The lowest BCUT2D eigenvalue weighted by Crippen LogP contribution is -2.26. The maximum Gasteiger partial charge on any atom is 0.0102 e. The van der Waals surface area contributed by atoms with Crippen molar-refractivity contribution in [1.82, 2.24) is 5.32 Å². The number of likely N-dealkylation sites (N-methyl/N-ethyl adjacent to an activating group) is 1. The molecule has 0 fully saturated rings. The third kappa shape index (κ3) is 3.15. The number of nitrogens with one attached hydrogen (secondary N) is 1. The minimum atomic E-state index is 0.613. The molecule has 78 valence electrons. The van der Waals surface area contributed by atoms with Gasteiger partial charge in [0.15, 0.2) is 0 Å². The van der Waals surface area contributed by atoms with Crippen molar-refractivity contribution in [1.29, 1.82) is 0 Å². The number of benzene rings is 1. The molecule has 1 aromatic rings. The van der Waals surface area contributed by atoms with Gasteiger partial charge in [-0.05, 0) is 37.4 Å². The summed E-state index contributed by atoms with van der Waals surface area (Å²) in [5, 5.41) is 3.33. The highest BCUT2D eigenvalue weighted by Gasteiger charge is 2.03. The normalized spacial score (nSPS) is 12.8. The maximum atomic E-state index is 3.33. The van der Waals surface area contributed by atoms with Crippen molar-refractivity contribution in [3.63, 3.8) is 0 Å². The fraction of sp³-hybridized carbons (Fsp3) is 0.538. The molecule has 1 heteroatoms. The van der Waals surface area contributed by atoms with Gasteiger partial charge < -0.3 is 5.32 Å². The lowest BCUT2D eigenvalue weighted by atomic mass is 10.0. The SMILES string of the molecule is CCc1ccc(CC(CC)NC)cc1. The van der Waals surface area contributed by atoms with Crippen LogP contribution in [0.3, 0.4) is 0 Å². The second kappa shape index (κ2) is 5.82. The smallest absolute Gasteiger partial charge is 0.0102 e. The number of hydrogen-bond donors (Lipinski definition) is 1. The van der Waals surface area contributed by atoms with Crippen LogP contribution in [-0.2, 0) is 12.8 Å². The Balaban J connectivity index is 2.58. The average molecular weight is 191 g/mol. The lowest BCUT2D eigenvalue weighted by molar-refractivity contribution is 0.543. The van der Waals surface area contributed by atoms with Crippen LogP contribution in [0.2, 0.25) is 0 Å². The van der Waals surface area contributed by atoms with Gasteiger partial charge in [-0.25, -0.2) is 0 Å². The van der Waals surface area contributed by atoms with E-state index in [1.54, 1.807) is 0 Å². The van der Waals surface area contributed by atoms with Crippen LogP contribution in [0.25, 0.3) is 0 Å². The summed E-state index contributed by atoms with van der Waals surface area (Å²) in [4.78, 5) is 0. The fourth-order valence-electron chi connectivity index (χ4n) is 1.65. The van der Waals surface area contributed by atoms with Crippen LogP contribution in [0.4, 0.5) is 0 Å². The summed E-state index contributed by atoms with van der Waals surface area (Å²) < 4.78 is 0. The molecule has 0 heterocycles. The molecule has 0 aliphatic heterocycles. The second-order valence-electron chi connectivity index (χ2n) is 3.77. The molecule has 0 amide bonds. The zero-order valence-corrected chi connectivity index (χ0v) is 9.51. The quantitative estimate of drug-likeness (QED) is 0.754.